The molecule has 0 saturated carbocycles. The number of amides is 1. The molecule has 1 aliphatic rings. The van der Waals surface area contributed by atoms with E-state index < -0.39 is 28.8 Å². The molecule has 2 aromatic heterocycles. The summed E-state index contributed by atoms with van der Waals surface area (Å²) in [6.45, 7) is 11.6. The van der Waals surface area contributed by atoms with Crippen molar-refractivity contribution in [2.75, 3.05) is 23.3 Å². The Balaban J connectivity index is 1.58. The van der Waals surface area contributed by atoms with E-state index in [-0.39, 0.29) is 22.7 Å². The summed E-state index contributed by atoms with van der Waals surface area (Å²) in [4.78, 5) is 28.0. The number of hydrogen-bond acceptors (Lipinski definition) is 6. The molecule has 39 heavy (non-hydrogen) atoms. The molecule has 0 radical (unpaired) electrons. The smallest absolute Gasteiger partial charge is 0.276 e. The number of nitrogens with zero attached hydrogens (tertiary/aromatic N) is 5. The van der Waals surface area contributed by atoms with Crippen LogP contribution in [-0.2, 0) is 5.54 Å². The number of fused-ring (bicyclic) bond motifs is 1. The van der Waals surface area contributed by atoms with E-state index in [1.54, 1.807) is 6.07 Å². The number of carbonyl (C=O) groups is 1. The second kappa shape index (κ2) is 9.26. The standard InChI is InChI=1S/C28H31F2N7O2/c1-27(2,3)36-13-16-19(33-36)9-10-20(24(16)35-14-22(31)28(4,5)15-35)32-26(39)21-11-12-23(38)37(34-21)25-17(29)7-6-8-18(25)30/h6-13,22H,14-15,31H2,1-5H3,(H,32,39)/t22-/m0/s1. The third kappa shape index (κ3) is 4.78. The number of nitrogens with one attached hydrogen (secondary N) is 1. The number of carbonyl (C=O) groups excluding carboxylic acids is 1. The summed E-state index contributed by atoms with van der Waals surface area (Å²) in [5.74, 6) is -2.59. The van der Waals surface area contributed by atoms with Gasteiger partial charge >= 0.3 is 0 Å². The van der Waals surface area contributed by atoms with Crippen molar-refractivity contribution in [2.45, 2.75) is 46.2 Å². The van der Waals surface area contributed by atoms with Gasteiger partial charge in [-0.15, -0.1) is 0 Å². The number of rotatable bonds is 4. The van der Waals surface area contributed by atoms with Gasteiger partial charge in [-0.05, 0) is 56.5 Å². The number of nitrogens with two attached hydrogens (primary N) is 1. The van der Waals surface area contributed by atoms with Crippen molar-refractivity contribution in [1.29, 1.82) is 0 Å². The zero-order valence-corrected chi connectivity index (χ0v) is 22.5. The normalized spacial score (nSPS) is 17.1. The maximum absolute atomic E-state index is 14.4. The Bertz CT molecular complexity index is 1630. The molecule has 204 valence electrons. The van der Waals surface area contributed by atoms with E-state index in [0.717, 1.165) is 34.8 Å². The van der Waals surface area contributed by atoms with Crippen LogP contribution >= 0.6 is 0 Å². The third-order valence-electron chi connectivity index (χ3n) is 7.11. The number of aromatic nitrogens is 4. The Morgan fingerprint density at radius 2 is 1.74 bits per heavy atom. The highest BCUT2D eigenvalue weighted by molar-refractivity contribution is 6.08. The van der Waals surface area contributed by atoms with E-state index in [4.69, 9.17) is 10.8 Å². The number of halogens is 2. The summed E-state index contributed by atoms with van der Waals surface area (Å²) in [6.07, 6.45) is 1.95. The van der Waals surface area contributed by atoms with Crippen LogP contribution in [0.5, 0.6) is 0 Å². The van der Waals surface area contributed by atoms with Crippen LogP contribution in [0.15, 0.2) is 53.5 Å². The van der Waals surface area contributed by atoms with Gasteiger partial charge in [0, 0.05) is 36.8 Å². The fourth-order valence-electron chi connectivity index (χ4n) is 4.76. The van der Waals surface area contributed by atoms with E-state index in [9.17, 15) is 18.4 Å². The van der Waals surface area contributed by atoms with Crippen molar-refractivity contribution >= 4 is 28.2 Å². The number of benzene rings is 2. The molecule has 0 aliphatic carbocycles. The molecule has 2 aromatic carbocycles. The maximum Gasteiger partial charge on any atom is 0.276 e. The molecule has 0 spiro atoms. The highest BCUT2D eigenvalue weighted by Crippen LogP contribution is 2.40. The summed E-state index contributed by atoms with van der Waals surface area (Å²) in [6, 6.07) is 8.97. The fourth-order valence-corrected chi connectivity index (χ4v) is 4.76. The first-order chi connectivity index (χ1) is 18.3. The SMILES string of the molecule is CC1(C)CN(c2c(NC(=O)c3ccc(=O)n(-c4c(F)cccc4F)n3)ccc3nn(C(C)(C)C)cc23)C[C@@H]1N. The van der Waals surface area contributed by atoms with Crippen molar-refractivity contribution < 1.29 is 13.6 Å². The first-order valence-corrected chi connectivity index (χ1v) is 12.7. The average molecular weight is 536 g/mol. The number of hydrogen-bond donors (Lipinski definition) is 2. The van der Waals surface area contributed by atoms with Gasteiger partial charge in [-0.3, -0.25) is 14.3 Å². The predicted octanol–water partition coefficient (Wildman–Crippen LogP) is 4.04. The van der Waals surface area contributed by atoms with Crippen molar-refractivity contribution in [3.8, 4) is 5.69 Å². The van der Waals surface area contributed by atoms with Gasteiger partial charge in [0.25, 0.3) is 11.5 Å². The van der Waals surface area contributed by atoms with Crippen molar-refractivity contribution in [3.63, 3.8) is 0 Å². The Labute approximate surface area is 224 Å². The zero-order chi connectivity index (χ0) is 28.3. The third-order valence-corrected chi connectivity index (χ3v) is 7.11. The van der Waals surface area contributed by atoms with Gasteiger partial charge < -0.3 is 16.0 Å². The maximum atomic E-state index is 14.4. The summed E-state index contributed by atoms with van der Waals surface area (Å²) in [5, 5.41) is 12.5. The Hall–Kier alpha value is -4.12. The van der Waals surface area contributed by atoms with Crippen LogP contribution in [0, 0.1) is 17.0 Å². The molecule has 1 amide bonds. The molecule has 3 N–H and O–H groups in total. The number of para-hydroxylation sites is 1. The summed E-state index contributed by atoms with van der Waals surface area (Å²) >= 11 is 0. The Kier molecular flexibility index (Phi) is 6.29. The van der Waals surface area contributed by atoms with E-state index in [0.29, 0.717) is 23.5 Å². The lowest BCUT2D eigenvalue weighted by Gasteiger charge is -2.25. The van der Waals surface area contributed by atoms with E-state index in [2.05, 4.69) is 49.9 Å². The highest BCUT2D eigenvalue weighted by atomic mass is 19.1. The minimum absolute atomic E-state index is 0.0881. The van der Waals surface area contributed by atoms with Crippen molar-refractivity contribution in [2.24, 2.45) is 11.1 Å². The van der Waals surface area contributed by atoms with E-state index in [1.165, 1.54) is 12.1 Å². The van der Waals surface area contributed by atoms with Gasteiger partial charge in [0.1, 0.15) is 11.4 Å². The zero-order valence-electron chi connectivity index (χ0n) is 22.5. The lowest BCUT2D eigenvalue weighted by molar-refractivity contribution is 0.102. The van der Waals surface area contributed by atoms with Crippen LogP contribution in [0.3, 0.4) is 0 Å². The highest BCUT2D eigenvalue weighted by Gasteiger charge is 2.38. The molecule has 1 saturated heterocycles. The molecular weight excluding hydrogens is 504 g/mol. The molecule has 0 unspecified atom stereocenters. The van der Waals surface area contributed by atoms with Gasteiger partial charge in [0.2, 0.25) is 0 Å². The predicted molar refractivity (Wildman–Crippen MR) is 146 cm³/mol. The molecule has 5 rings (SSSR count). The lowest BCUT2D eigenvalue weighted by Crippen LogP contribution is -2.35. The second-order valence-corrected chi connectivity index (χ2v) is 11.6. The van der Waals surface area contributed by atoms with Gasteiger partial charge in [-0.1, -0.05) is 19.9 Å². The molecule has 1 atom stereocenters. The molecule has 0 bridgehead atoms. The number of anilines is 2. The van der Waals surface area contributed by atoms with Crippen LogP contribution in [-0.4, -0.2) is 44.6 Å². The lowest BCUT2D eigenvalue weighted by atomic mass is 9.89. The first-order valence-electron chi connectivity index (χ1n) is 12.7. The fraction of sp³-hybridized carbons (Fsp3) is 0.357. The molecule has 4 aromatic rings. The van der Waals surface area contributed by atoms with Gasteiger partial charge in [0.15, 0.2) is 11.6 Å². The van der Waals surface area contributed by atoms with Gasteiger partial charge in [-0.2, -0.15) is 14.9 Å². The molecule has 11 heteroatoms. The van der Waals surface area contributed by atoms with Crippen molar-refractivity contribution in [3.05, 3.63) is 76.3 Å². The van der Waals surface area contributed by atoms with Gasteiger partial charge in [-0.25, -0.2) is 8.78 Å². The minimum Gasteiger partial charge on any atom is -0.367 e. The van der Waals surface area contributed by atoms with Crippen molar-refractivity contribution in [1.82, 2.24) is 19.6 Å². The second-order valence-electron chi connectivity index (χ2n) is 11.6. The molecule has 1 aliphatic heterocycles. The van der Waals surface area contributed by atoms with E-state index >= 15 is 0 Å². The largest absolute Gasteiger partial charge is 0.367 e. The minimum atomic E-state index is -0.973. The summed E-state index contributed by atoms with van der Waals surface area (Å²) < 4.78 is 31.2. The van der Waals surface area contributed by atoms with Gasteiger partial charge in [0.05, 0.1) is 22.4 Å². The van der Waals surface area contributed by atoms with Crippen LogP contribution in [0.1, 0.15) is 45.1 Å². The topological polar surface area (TPSA) is 111 Å². The Morgan fingerprint density at radius 3 is 2.36 bits per heavy atom. The summed E-state index contributed by atoms with van der Waals surface area (Å²) in [5.41, 5.74) is 6.45. The average Bonchev–Trinajstić information content (AvgIpc) is 3.40. The monoisotopic (exact) mass is 535 g/mol. The van der Waals surface area contributed by atoms with Crippen LogP contribution in [0.4, 0.5) is 20.2 Å². The van der Waals surface area contributed by atoms with Crippen LogP contribution < -0.4 is 21.5 Å². The molecule has 3 heterocycles. The molecule has 1 fully saturated rings. The molecular formula is C28H31F2N7O2. The molecule has 9 nitrogen and oxygen atoms in total. The first kappa shape index (κ1) is 26.5. The van der Waals surface area contributed by atoms with Crippen LogP contribution in [0.2, 0.25) is 0 Å². The Morgan fingerprint density at radius 1 is 1.05 bits per heavy atom. The van der Waals surface area contributed by atoms with Crippen LogP contribution in [0.25, 0.3) is 16.6 Å². The summed E-state index contributed by atoms with van der Waals surface area (Å²) in [7, 11) is 0. The van der Waals surface area contributed by atoms with E-state index in [1.807, 2.05) is 16.9 Å². The quantitative estimate of drug-likeness (QED) is 0.408.